The van der Waals surface area contributed by atoms with Crippen LogP contribution in [-0.4, -0.2) is 29.1 Å². The molecule has 0 fully saturated rings. The van der Waals surface area contributed by atoms with Gasteiger partial charge in [-0.3, -0.25) is 4.79 Å². The van der Waals surface area contributed by atoms with Crippen LogP contribution >= 0.6 is 0 Å². The fourth-order valence-electron chi connectivity index (χ4n) is 1.42. The maximum atomic E-state index is 12.5. The first kappa shape index (κ1) is 14.3. The first-order valence-corrected chi connectivity index (χ1v) is 5.35. The van der Waals surface area contributed by atoms with E-state index >= 15 is 0 Å². The number of pyridine rings is 1. The molecule has 0 saturated carbocycles. The van der Waals surface area contributed by atoms with Crippen molar-refractivity contribution in [3.05, 3.63) is 23.9 Å². The van der Waals surface area contributed by atoms with Crippen molar-refractivity contribution >= 4 is 11.8 Å². The monoisotopic (exact) mass is 262 g/mol. The van der Waals surface area contributed by atoms with Crippen molar-refractivity contribution in [2.24, 2.45) is 0 Å². The van der Waals surface area contributed by atoms with E-state index in [0.29, 0.717) is 6.54 Å². The molecule has 1 rings (SSSR count). The highest BCUT2D eigenvalue weighted by Gasteiger charge is 2.32. The molecule has 0 aliphatic heterocycles. The van der Waals surface area contributed by atoms with Crippen molar-refractivity contribution in [2.45, 2.75) is 19.5 Å². The molecule has 7 heteroatoms. The second-order valence-corrected chi connectivity index (χ2v) is 3.60. The predicted octanol–water partition coefficient (Wildman–Crippen LogP) is 2.40. The van der Waals surface area contributed by atoms with E-state index in [0.717, 1.165) is 6.07 Å². The summed E-state index contributed by atoms with van der Waals surface area (Å²) >= 11 is 0. The van der Waals surface area contributed by atoms with Gasteiger partial charge in [-0.05, 0) is 19.1 Å². The van der Waals surface area contributed by atoms with Gasteiger partial charge in [0.05, 0.1) is 6.42 Å². The standard InChI is InChI=1S/C11H13F3N2O2/c1-2-16(7-6-10(17)18)9-5-3-4-8(15-9)11(12,13)14/h3-5H,2,6-7H2,1H3,(H,17,18). The van der Waals surface area contributed by atoms with Gasteiger partial charge in [0, 0.05) is 13.1 Å². The molecule has 0 radical (unpaired) electrons. The molecule has 0 aliphatic rings. The third kappa shape index (κ3) is 3.90. The lowest BCUT2D eigenvalue weighted by Gasteiger charge is -2.21. The Morgan fingerprint density at radius 1 is 1.44 bits per heavy atom. The van der Waals surface area contributed by atoms with E-state index in [1.54, 1.807) is 6.92 Å². The van der Waals surface area contributed by atoms with Crippen molar-refractivity contribution in [1.29, 1.82) is 0 Å². The first-order chi connectivity index (χ1) is 8.34. The van der Waals surface area contributed by atoms with E-state index in [-0.39, 0.29) is 18.8 Å². The van der Waals surface area contributed by atoms with Crippen LogP contribution in [0.25, 0.3) is 0 Å². The summed E-state index contributed by atoms with van der Waals surface area (Å²) in [5, 5.41) is 8.56. The third-order valence-corrected chi connectivity index (χ3v) is 2.33. The Morgan fingerprint density at radius 2 is 2.11 bits per heavy atom. The van der Waals surface area contributed by atoms with Gasteiger partial charge in [0.1, 0.15) is 11.5 Å². The summed E-state index contributed by atoms with van der Waals surface area (Å²) in [6, 6.07) is 3.57. The Balaban J connectivity index is 2.89. The largest absolute Gasteiger partial charge is 0.481 e. The Labute approximate surface area is 102 Å². The smallest absolute Gasteiger partial charge is 0.433 e. The number of halogens is 3. The minimum atomic E-state index is -4.50. The van der Waals surface area contributed by atoms with Gasteiger partial charge in [0.15, 0.2) is 0 Å². The Morgan fingerprint density at radius 3 is 2.61 bits per heavy atom. The summed E-state index contributed by atoms with van der Waals surface area (Å²) < 4.78 is 37.4. The van der Waals surface area contributed by atoms with Crippen LogP contribution in [0.15, 0.2) is 18.2 Å². The van der Waals surface area contributed by atoms with Gasteiger partial charge >= 0.3 is 12.1 Å². The van der Waals surface area contributed by atoms with Crippen LogP contribution in [0.1, 0.15) is 19.0 Å². The van der Waals surface area contributed by atoms with Crippen LogP contribution in [-0.2, 0) is 11.0 Å². The zero-order chi connectivity index (χ0) is 13.8. The quantitative estimate of drug-likeness (QED) is 0.885. The van der Waals surface area contributed by atoms with Gasteiger partial charge in [-0.2, -0.15) is 13.2 Å². The number of nitrogens with zero attached hydrogens (tertiary/aromatic N) is 2. The molecule has 1 heterocycles. The number of carboxylic acids is 1. The summed E-state index contributed by atoms with van der Waals surface area (Å²) in [5.41, 5.74) is -0.978. The Kier molecular flexibility index (Phi) is 4.52. The molecule has 0 atom stereocenters. The molecule has 0 bridgehead atoms. The summed E-state index contributed by atoms with van der Waals surface area (Å²) in [7, 11) is 0. The van der Waals surface area contributed by atoms with Crippen molar-refractivity contribution in [1.82, 2.24) is 4.98 Å². The number of hydrogen-bond acceptors (Lipinski definition) is 3. The average molecular weight is 262 g/mol. The van der Waals surface area contributed by atoms with Crippen LogP contribution in [0, 0.1) is 0 Å². The fraction of sp³-hybridized carbons (Fsp3) is 0.455. The predicted molar refractivity (Wildman–Crippen MR) is 59.4 cm³/mol. The number of carbonyl (C=O) groups is 1. The molecule has 0 aliphatic carbocycles. The van der Waals surface area contributed by atoms with Crippen molar-refractivity contribution in [2.75, 3.05) is 18.0 Å². The van der Waals surface area contributed by atoms with Gasteiger partial charge in [-0.25, -0.2) is 4.98 Å². The minimum absolute atomic E-state index is 0.125. The zero-order valence-electron chi connectivity index (χ0n) is 9.74. The first-order valence-electron chi connectivity index (χ1n) is 5.35. The highest BCUT2D eigenvalue weighted by molar-refractivity contribution is 5.67. The molecule has 0 aromatic carbocycles. The van der Waals surface area contributed by atoms with E-state index in [9.17, 15) is 18.0 Å². The Hall–Kier alpha value is -1.79. The molecule has 100 valence electrons. The number of aliphatic carboxylic acids is 1. The maximum Gasteiger partial charge on any atom is 0.433 e. The lowest BCUT2D eigenvalue weighted by molar-refractivity contribution is -0.141. The van der Waals surface area contributed by atoms with Gasteiger partial charge in [0.25, 0.3) is 0 Å². The normalized spacial score (nSPS) is 11.3. The molecule has 18 heavy (non-hydrogen) atoms. The van der Waals surface area contributed by atoms with Gasteiger partial charge in [0.2, 0.25) is 0 Å². The molecule has 0 spiro atoms. The molecular weight excluding hydrogens is 249 g/mol. The van der Waals surface area contributed by atoms with Crippen molar-refractivity contribution in [3.63, 3.8) is 0 Å². The summed E-state index contributed by atoms with van der Waals surface area (Å²) in [4.78, 5) is 15.4. The molecule has 1 N–H and O–H groups in total. The van der Waals surface area contributed by atoms with Gasteiger partial charge < -0.3 is 10.0 Å². The molecule has 0 saturated heterocycles. The zero-order valence-corrected chi connectivity index (χ0v) is 9.74. The van der Waals surface area contributed by atoms with Crippen LogP contribution in [0.3, 0.4) is 0 Å². The van der Waals surface area contributed by atoms with Crippen LogP contribution in [0.5, 0.6) is 0 Å². The number of aromatic nitrogens is 1. The number of hydrogen-bond donors (Lipinski definition) is 1. The lowest BCUT2D eigenvalue weighted by Crippen LogP contribution is -2.27. The summed E-state index contributed by atoms with van der Waals surface area (Å²) in [5.74, 6) is -0.867. The number of carboxylic acid groups (broad SMARTS) is 1. The average Bonchev–Trinajstić information content (AvgIpc) is 2.29. The topological polar surface area (TPSA) is 53.4 Å². The minimum Gasteiger partial charge on any atom is -0.481 e. The highest BCUT2D eigenvalue weighted by Crippen LogP contribution is 2.28. The molecular formula is C11H13F3N2O2. The van der Waals surface area contributed by atoms with E-state index in [1.807, 2.05) is 0 Å². The number of alkyl halides is 3. The maximum absolute atomic E-state index is 12.5. The summed E-state index contributed by atoms with van der Waals surface area (Å²) in [6.07, 6.45) is -4.64. The third-order valence-electron chi connectivity index (χ3n) is 2.33. The molecule has 0 amide bonds. The van der Waals surface area contributed by atoms with Crippen LogP contribution < -0.4 is 4.90 Å². The summed E-state index contributed by atoms with van der Waals surface area (Å²) in [6.45, 7) is 2.24. The van der Waals surface area contributed by atoms with Gasteiger partial charge in [-0.1, -0.05) is 6.07 Å². The molecule has 1 aromatic heterocycles. The number of rotatable bonds is 5. The number of anilines is 1. The van der Waals surface area contributed by atoms with E-state index in [2.05, 4.69) is 4.98 Å². The molecule has 0 unspecified atom stereocenters. The van der Waals surface area contributed by atoms with E-state index in [1.165, 1.54) is 17.0 Å². The van der Waals surface area contributed by atoms with E-state index < -0.39 is 17.8 Å². The highest BCUT2D eigenvalue weighted by atomic mass is 19.4. The Bertz CT molecular complexity index is 421. The van der Waals surface area contributed by atoms with Crippen molar-refractivity contribution < 1.29 is 23.1 Å². The van der Waals surface area contributed by atoms with Gasteiger partial charge in [-0.15, -0.1) is 0 Å². The van der Waals surface area contributed by atoms with Crippen molar-refractivity contribution in [3.8, 4) is 0 Å². The molecule has 1 aromatic rings. The molecule has 4 nitrogen and oxygen atoms in total. The lowest BCUT2D eigenvalue weighted by atomic mass is 10.3. The van der Waals surface area contributed by atoms with Crippen LogP contribution in [0.4, 0.5) is 19.0 Å². The second kappa shape index (κ2) is 5.70. The fourth-order valence-corrected chi connectivity index (χ4v) is 1.42. The van der Waals surface area contributed by atoms with Crippen LogP contribution in [0.2, 0.25) is 0 Å². The van der Waals surface area contributed by atoms with E-state index in [4.69, 9.17) is 5.11 Å². The second-order valence-electron chi connectivity index (χ2n) is 3.60. The SMILES string of the molecule is CCN(CCC(=O)O)c1cccc(C(F)(F)F)n1.